The molecule has 0 aromatic heterocycles. The minimum absolute atomic E-state index is 0.267. The molecule has 0 heterocycles. The van der Waals surface area contributed by atoms with E-state index in [-0.39, 0.29) is 5.97 Å². The van der Waals surface area contributed by atoms with Crippen molar-refractivity contribution in [2.75, 3.05) is 0 Å². The van der Waals surface area contributed by atoms with Crippen LogP contribution in [0.2, 0.25) is 19.6 Å². The van der Waals surface area contributed by atoms with Gasteiger partial charge in [-0.25, -0.2) is 4.79 Å². The van der Waals surface area contributed by atoms with Gasteiger partial charge in [0.15, 0.2) is 0 Å². The van der Waals surface area contributed by atoms with Crippen molar-refractivity contribution in [1.29, 1.82) is 0 Å². The molecule has 0 fully saturated rings. The lowest BCUT2D eigenvalue weighted by molar-refractivity contribution is -0.161. The number of rotatable bonds is 3. The van der Waals surface area contributed by atoms with Gasteiger partial charge in [-0.1, -0.05) is 37.7 Å². The van der Waals surface area contributed by atoms with Crippen LogP contribution in [-0.4, -0.2) is 14.0 Å². The molecule has 1 aromatic rings. The lowest BCUT2D eigenvalue weighted by Crippen LogP contribution is -2.29. The molecule has 0 radical (unpaired) electrons. The molecule has 0 aliphatic carbocycles. The van der Waals surface area contributed by atoms with E-state index in [1.165, 1.54) is 0 Å². The maximum atomic E-state index is 11.6. The molecule has 1 rings (SSSR count). The van der Waals surface area contributed by atoms with Crippen molar-refractivity contribution in [2.24, 2.45) is 5.41 Å². The third kappa shape index (κ3) is 7.12. The first-order chi connectivity index (χ1) is 9.58. The molecule has 3 nitrogen and oxygen atoms in total. The van der Waals surface area contributed by atoms with Gasteiger partial charge in [0.05, 0.1) is 12.0 Å². The highest BCUT2D eigenvalue weighted by Crippen LogP contribution is 2.14. The van der Waals surface area contributed by atoms with Gasteiger partial charge in [0.2, 0.25) is 0 Å². The molecule has 4 heteroatoms. The third-order valence-electron chi connectivity index (χ3n) is 2.56. The Labute approximate surface area is 129 Å². The van der Waals surface area contributed by atoms with Gasteiger partial charge in [0.25, 0.3) is 0 Å². The Bertz CT molecular complexity index is 557. The number of hydroxylamine groups is 1. The SMILES string of the molecule is CC(C)(C)C(=O)ONCc1cccc(C#C[Si](C)(C)C)c1. The fourth-order valence-corrected chi connectivity index (χ4v) is 1.88. The van der Waals surface area contributed by atoms with E-state index in [4.69, 9.17) is 4.84 Å². The number of hydrogen-bond acceptors (Lipinski definition) is 3. The van der Waals surface area contributed by atoms with Crippen LogP contribution in [0.15, 0.2) is 24.3 Å². The standard InChI is InChI=1S/C17H25NO2Si/c1-17(2,3)16(19)20-18-13-15-9-7-8-14(12-15)10-11-21(4,5)6/h7-9,12,18H,13H2,1-6H3. The van der Waals surface area contributed by atoms with Crippen molar-refractivity contribution in [3.8, 4) is 11.5 Å². The molecule has 0 unspecified atom stereocenters. The second-order valence-electron chi connectivity index (χ2n) is 7.16. The molecule has 0 spiro atoms. The summed E-state index contributed by atoms with van der Waals surface area (Å²) in [7, 11) is -1.36. The van der Waals surface area contributed by atoms with E-state index < -0.39 is 13.5 Å². The average molecular weight is 303 g/mol. The van der Waals surface area contributed by atoms with E-state index >= 15 is 0 Å². The predicted octanol–water partition coefficient (Wildman–Crippen LogP) is 3.51. The van der Waals surface area contributed by atoms with E-state index in [0.717, 1.165) is 11.1 Å². The van der Waals surface area contributed by atoms with Gasteiger partial charge in [0, 0.05) is 5.56 Å². The van der Waals surface area contributed by atoms with Crippen molar-refractivity contribution in [3.05, 3.63) is 35.4 Å². The highest BCUT2D eigenvalue weighted by molar-refractivity contribution is 6.83. The fraction of sp³-hybridized carbons (Fsp3) is 0.471. The maximum Gasteiger partial charge on any atom is 0.329 e. The second kappa shape index (κ2) is 6.93. The predicted molar refractivity (Wildman–Crippen MR) is 89.1 cm³/mol. The number of benzene rings is 1. The maximum absolute atomic E-state index is 11.6. The second-order valence-corrected chi connectivity index (χ2v) is 11.9. The Morgan fingerprint density at radius 2 is 1.95 bits per heavy atom. The third-order valence-corrected chi connectivity index (χ3v) is 3.44. The number of nitrogens with one attached hydrogen (secondary N) is 1. The van der Waals surface area contributed by atoms with Crippen molar-refractivity contribution >= 4 is 14.0 Å². The summed E-state index contributed by atoms with van der Waals surface area (Å²) in [5, 5.41) is 0. The summed E-state index contributed by atoms with van der Waals surface area (Å²) >= 11 is 0. The van der Waals surface area contributed by atoms with E-state index in [0.29, 0.717) is 6.54 Å². The van der Waals surface area contributed by atoms with Crippen molar-refractivity contribution < 1.29 is 9.63 Å². The molecule has 0 aliphatic heterocycles. The Kier molecular flexibility index (Phi) is 5.76. The first-order valence-corrected chi connectivity index (χ1v) is 10.6. The molecule has 0 amide bonds. The van der Waals surface area contributed by atoms with Gasteiger partial charge >= 0.3 is 5.97 Å². The molecule has 21 heavy (non-hydrogen) atoms. The summed E-state index contributed by atoms with van der Waals surface area (Å²) in [6, 6.07) is 7.97. The van der Waals surface area contributed by atoms with Crippen LogP contribution in [0.3, 0.4) is 0 Å². The molecule has 0 saturated carbocycles. The molecule has 0 bridgehead atoms. The van der Waals surface area contributed by atoms with Crippen LogP contribution in [0.1, 0.15) is 31.9 Å². The summed E-state index contributed by atoms with van der Waals surface area (Å²) in [5.74, 6) is 2.96. The summed E-state index contributed by atoms with van der Waals surface area (Å²) in [6.45, 7) is 12.6. The Balaban J connectivity index is 2.61. The van der Waals surface area contributed by atoms with Gasteiger partial charge in [-0.05, 0) is 38.5 Å². The number of carbonyl (C=O) groups excluding carboxylic acids is 1. The topological polar surface area (TPSA) is 38.3 Å². The average Bonchev–Trinajstić information content (AvgIpc) is 2.35. The smallest absolute Gasteiger partial charge is 0.329 e. The van der Waals surface area contributed by atoms with E-state index in [1.807, 2.05) is 45.0 Å². The zero-order valence-electron chi connectivity index (χ0n) is 13.8. The fourth-order valence-electron chi connectivity index (χ4n) is 1.36. The first-order valence-electron chi connectivity index (χ1n) is 7.14. The van der Waals surface area contributed by atoms with Crippen LogP contribution in [0.25, 0.3) is 0 Å². The summed E-state index contributed by atoms with van der Waals surface area (Å²) in [4.78, 5) is 16.7. The number of hydrogen-bond donors (Lipinski definition) is 1. The molecule has 1 aromatic carbocycles. The van der Waals surface area contributed by atoms with Crippen molar-refractivity contribution in [2.45, 2.75) is 47.0 Å². The molecule has 0 saturated heterocycles. The Morgan fingerprint density at radius 3 is 2.52 bits per heavy atom. The van der Waals surface area contributed by atoms with Crippen LogP contribution in [0, 0.1) is 16.9 Å². The summed E-state index contributed by atoms with van der Waals surface area (Å²) in [6.07, 6.45) is 0. The summed E-state index contributed by atoms with van der Waals surface area (Å²) < 4.78 is 0. The molecular weight excluding hydrogens is 278 g/mol. The minimum Gasteiger partial charge on any atom is -0.370 e. The van der Waals surface area contributed by atoms with Crippen LogP contribution in [0.5, 0.6) is 0 Å². The summed E-state index contributed by atoms with van der Waals surface area (Å²) in [5.41, 5.74) is 7.60. The van der Waals surface area contributed by atoms with Crippen molar-refractivity contribution in [3.63, 3.8) is 0 Å². The van der Waals surface area contributed by atoms with Crippen LogP contribution in [-0.2, 0) is 16.2 Å². The quantitative estimate of drug-likeness (QED) is 0.527. The first kappa shape index (κ1) is 17.5. The van der Waals surface area contributed by atoms with Gasteiger partial charge in [0.1, 0.15) is 8.07 Å². The highest BCUT2D eigenvalue weighted by Gasteiger charge is 2.23. The lowest BCUT2D eigenvalue weighted by Gasteiger charge is -2.16. The highest BCUT2D eigenvalue weighted by atomic mass is 28.3. The molecular formula is C17H25NO2Si. The van der Waals surface area contributed by atoms with Gasteiger partial charge in [-0.2, -0.15) is 0 Å². The van der Waals surface area contributed by atoms with Crippen LogP contribution in [0.4, 0.5) is 0 Å². The molecule has 0 aliphatic rings. The zero-order chi connectivity index (χ0) is 16.1. The number of carbonyl (C=O) groups is 1. The van der Waals surface area contributed by atoms with Crippen molar-refractivity contribution in [1.82, 2.24) is 5.48 Å². The Hall–Kier alpha value is -1.57. The Morgan fingerprint density at radius 1 is 1.29 bits per heavy atom. The van der Waals surface area contributed by atoms with E-state index in [2.05, 4.69) is 36.6 Å². The monoisotopic (exact) mass is 303 g/mol. The minimum atomic E-state index is -1.36. The normalized spacial score (nSPS) is 11.5. The van der Waals surface area contributed by atoms with Crippen LogP contribution < -0.4 is 5.48 Å². The van der Waals surface area contributed by atoms with Gasteiger partial charge in [-0.15, -0.1) is 11.0 Å². The lowest BCUT2D eigenvalue weighted by atomic mass is 9.98. The molecule has 1 N–H and O–H groups in total. The molecule has 0 atom stereocenters. The van der Waals surface area contributed by atoms with Gasteiger partial charge in [-0.3, -0.25) is 0 Å². The van der Waals surface area contributed by atoms with Gasteiger partial charge < -0.3 is 4.84 Å². The van der Waals surface area contributed by atoms with E-state index in [9.17, 15) is 4.79 Å². The largest absolute Gasteiger partial charge is 0.370 e. The van der Waals surface area contributed by atoms with Crippen LogP contribution >= 0.6 is 0 Å². The zero-order valence-corrected chi connectivity index (χ0v) is 14.8. The van der Waals surface area contributed by atoms with E-state index in [1.54, 1.807) is 0 Å². The molecule has 114 valence electrons.